The smallest absolute Gasteiger partial charge is 0.332 e. The van der Waals surface area contributed by atoms with Gasteiger partial charge in [-0.25, -0.2) is 9.78 Å². The van der Waals surface area contributed by atoms with Gasteiger partial charge >= 0.3 is 5.69 Å². The van der Waals surface area contributed by atoms with Crippen LogP contribution in [0.5, 0.6) is 5.75 Å². The third-order valence-electron chi connectivity index (χ3n) is 5.61. The van der Waals surface area contributed by atoms with Crippen LogP contribution in [0.1, 0.15) is 41.9 Å². The SMILES string of the molecule is CCOc1ccc(C2CCCN2C(=O)c2ccc3c(=O)n(C)c(=O)n(C)c3n2)cc1. The average molecular weight is 408 g/mol. The number of amides is 1. The highest BCUT2D eigenvalue weighted by atomic mass is 16.5. The van der Waals surface area contributed by atoms with Gasteiger partial charge in [0.2, 0.25) is 0 Å². The van der Waals surface area contributed by atoms with Crippen molar-refractivity contribution < 1.29 is 9.53 Å². The number of carbonyl (C=O) groups excluding carboxylic acids is 1. The monoisotopic (exact) mass is 408 g/mol. The molecule has 1 fully saturated rings. The molecular weight excluding hydrogens is 384 g/mol. The summed E-state index contributed by atoms with van der Waals surface area (Å²) in [6, 6.07) is 10.9. The van der Waals surface area contributed by atoms with Gasteiger partial charge in [-0.05, 0) is 49.6 Å². The van der Waals surface area contributed by atoms with Crippen molar-refractivity contribution >= 4 is 16.9 Å². The molecule has 30 heavy (non-hydrogen) atoms. The minimum absolute atomic E-state index is 0.0434. The fourth-order valence-electron chi connectivity index (χ4n) is 4.03. The minimum atomic E-state index is -0.474. The molecule has 0 aliphatic carbocycles. The molecule has 156 valence electrons. The van der Waals surface area contributed by atoms with E-state index in [1.807, 2.05) is 36.1 Å². The highest BCUT2D eigenvalue weighted by Crippen LogP contribution is 2.33. The van der Waals surface area contributed by atoms with E-state index in [1.54, 1.807) is 19.2 Å². The number of pyridine rings is 1. The van der Waals surface area contributed by atoms with E-state index in [9.17, 15) is 14.4 Å². The lowest BCUT2D eigenvalue weighted by Crippen LogP contribution is -2.38. The molecule has 4 rings (SSSR count). The summed E-state index contributed by atoms with van der Waals surface area (Å²) in [5.41, 5.74) is 0.590. The van der Waals surface area contributed by atoms with Crippen LogP contribution in [-0.4, -0.2) is 38.1 Å². The maximum Gasteiger partial charge on any atom is 0.332 e. The number of aryl methyl sites for hydroxylation is 1. The first kappa shape index (κ1) is 19.9. The predicted molar refractivity (Wildman–Crippen MR) is 113 cm³/mol. The molecule has 1 unspecified atom stereocenters. The van der Waals surface area contributed by atoms with Crippen LogP contribution in [0.15, 0.2) is 46.0 Å². The lowest BCUT2D eigenvalue weighted by Gasteiger charge is -2.25. The first-order chi connectivity index (χ1) is 14.4. The van der Waals surface area contributed by atoms with Crippen molar-refractivity contribution in [2.75, 3.05) is 13.2 Å². The zero-order valence-corrected chi connectivity index (χ0v) is 17.3. The van der Waals surface area contributed by atoms with E-state index in [-0.39, 0.29) is 23.3 Å². The second-order valence-corrected chi connectivity index (χ2v) is 7.43. The standard InChI is InChI=1S/C22H24N4O4/c1-4-30-15-9-7-14(8-10-15)18-6-5-13-26(18)21(28)17-12-11-16-19(23-17)24(2)22(29)25(3)20(16)27/h7-12,18H,4-6,13H2,1-3H3. The fourth-order valence-corrected chi connectivity index (χ4v) is 4.03. The molecule has 1 aliphatic heterocycles. The number of hydrogen-bond acceptors (Lipinski definition) is 5. The predicted octanol–water partition coefficient (Wildman–Crippen LogP) is 2.01. The summed E-state index contributed by atoms with van der Waals surface area (Å²) in [6.45, 7) is 3.17. The number of likely N-dealkylation sites (tertiary alicyclic amines) is 1. The first-order valence-corrected chi connectivity index (χ1v) is 10.0. The van der Waals surface area contributed by atoms with E-state index in [1.165, 1.54) is 11.6 Å². The molecule has 8 nitrogen and oxygen atoms in total. The molecular formula is C22H24N4O4. The maximum atomic E-state index is 13.3. The first-order valence-electron chi connectivity index (χ1n) is 10.0. The topological polar surface area (TPSA) is 86.4 Å². The number of nitrogens with zero attached hydrogens (tertiary/aromatic N) is 4. The van der Waals surface area contributed by atoms with Crippen LogP contribution in [0.2, 0.25) is 0 Å². The summed E-state index contributed by atoms with van der Waals surface area (Å²) < 4.78 is 7.83. The Hall–Kier alpha value is -3.42. The summed E-state index contributed by atoms with van der Waals surface area (Å²) in [5.74, 6) is 0.595. The van der Waals surface area contributed by atoms with Gasteiger partial charge in [-0.3, -0.25) is 18.7 Å². The van der Waals surface area contributed by atoms with E-state index in [0.29, 0.717) is 18.5 Å². The van der Waals surface area contributed by atoms with Crippen molar-refractivity contribution in [1.82, 2.24) is 19.0 Å². The molecule has 3 heterocycles. The molecule has 8 heteroatoms. The Morgan fingerprint density at radius 2 is 1.83 bits per heavy atom. The second-order valence-electron chi connectivity index (χ2n) is 7.43. The van der Waals surface area contributed by atoms with Crippen molar-refractivity contribution in [2.45, 2.75) is 25.8 Å². The van der Waals surface area contributed by atoms with E-state index in [4.69, 9.17) is 4.74 Å². The molecule has 0 bridgehead atoms. The molecule has 3 aromatic rings. The van der Waals surface area contributed by atoms with Crippen molar-refractivity contribution in [1.29, 1.82) is 0 Å². The Bertz CT molecular complexity index is 1230. The zero-order chi connectivity index (χ0) is 21.4. The third kappa shape index (κ3) is 3.28. The molecule has 0 radical (unpaired) electrons. The highest BCUT2D eigenvalue weighted by molar-refractivity contribution is 5.94. The molecule has 1 aromatic carbocycles. The maximum absolute atomic E-state index is 13.3. The van der Waals surface area contributed by atoms with Crippen LogP contribution in [-0.2, 0) is 14.1 Å². The lowest BCUT2D eigenvalue weighted by molar-refractivity contribution is 0.0730. The van der Waals surface area contributed by atoms with Crippen LogP contribution in [0.25, 0.3) is 11.0 Å². The van der Waals surface area contributed by atoms with Gasteiger partial charge in [-0.15, -0.1) is 0 Å². The van der Waals surface area contributed by atoms with Gasteiger partial charge in [0.1, 0.15) is 17.1 Å². The van der Waals surface area contributed by atoms with Crippen LogP contribution < -0.4 is 16.0 Å². The van der Waals surface area contributed by atoms with E-state index in [2.05, 4.69) is 4.98 Å². The number of hydrogen-bond donors (Lipinski definition) is 0. The molecule has 1 atom stereocenters. The summed E-state index contributed by atoms with van der Waals surface area (Å²) in [4.78, 5) is 44.0. The Kier molecular flexibility index (Phi) is 5.15. The molecule has 1 aliphatic rings. The van der Waals surface area contributed by atoms with Gasteiger partial charge < -0.3 is 9.64 Å². The van der Waals surface area contributed by atoms with Gasteiger partial charge in [-0.2, -0.15) is 0 Å². The number of carbonyl (C=O) groups is 1. The van der Waals surface area contributed by atoms with Gasteiger partial charge in [-0.1, -0.05) is 12.1 Å². The van der Waals surface area contributed by atoms with Gasteiger partial charge in [0.05, 0.1) is 18.0 Å². The molecule has 1 amide bonds. The Morgan fingerprint density at radius 3 is 2.53 bits per heavy atom. The van der Waals surface area contributed by atoms with Crippen LogP contribution >= 0.6 is 0 Å². The number of benzene rings is 1. The van der Waals surface area contributed by atoms with E-state index >= 15 is 0 Å². The molecule has 2 aromatic heterocycles. The van der Waals surface area contributed by atoms with Gasteiger partial charge in [0.15, 0.2) is 0 Å². The summed E-state index contributed by atoms with van der Waals surface area (Å²) in [6.07, 6.45) is 1.77. The Morgan fingerprint density at radius 1 is 1.10 bits per heavy atom. The van der Waals surface area contributed by atoms with Crippen molar-refractivity contribution in [3.8, 4) is 5.75 Å². The highest BCUT2D eigenvalue weighted by Gasteiger charge is 2.31. The summed E-state index contributed by atoms with van der Waals surface area (Å²) >= 11 is 0. The van der Waals surface area contributed by atoms with Gasteiger partial charge in [0, 0.05) is 20.6 Å². The number of ether oxygens (including phenoxy) is 1. The Labute approximate surface area is 173 Å². The lowest BCUT2D eigenvalue weighted by atomic mass is 10.0. The molecule has 0 saturated carbocycles. The number of aromatic nitrogens is 3. The molecule has 0 spiro atoms. The zero-order valence-electron chi connectivity index (χ0n) is 17.3. The molecule has 0 N–H and O–H groups in total. The second kappa shape index (κ2) is 7.78. The van der Waals surface area contributed by atoms with Crippen molar-refractivity contribution in [2.24, 2.45) is 14.1 Å². The van der Waals surface area contributed by atoms with Crippen LogP contribution in [0.3, 0.4) is 0 Å². The molecule has 1 saturated heterocycles. The third-order valence-corrected chi connectivity index (χ3v) is 5.61. The normalized spacial score (nSPS) is 16.2. The number of rotatable bonds is 4. The quantitative estimate of drug-likeness (QED) is 0.659. The summed E-state index contributed by atoms with van der Waals surface area (Å²) in [7, 11) is 2.97. The number of fused-ring (bicyclic) bond motifs is 1. The average Bonchev–Trinajstić information content (AvgIpc) is 3.26. The summed E-state index contributed by atoms with van der Waals surface area (Å²) in [5, 5.41) is 0.306. The van der Waals surface area contributed by atoms with Gasteiger partial charge in [0.25, 0.3) is 11.5 Å². The fraction of sp³-hybridized carbons (Fsp3) is 0.364. The van der Waals surface area contributed by atoms with Crippen LogP contribution in [0, 0.1) is 0 Å². The van der Waals surface area contributed by atoms with E-state index < -0.39 is 11.2 Å². The van der Waals surface area contributed by atoms with E-state index in [0.717, 1.165) is 28.7 Å². The largest absolute Gasteiger partial charge is 0.494 e. The van der Waals surface area contributed by atoms with Crippen LogP contribution in [0.4, 0.5) is 0 Å². The Balaban J connectivity index is 1.68. The van der Waals surface area contributed by atoms with Crippen molar-refractivity contribution in [3.63, 3.8) is 0 Å². The minimum Gasteiger partial charge on any atom is -0.494 e. The van der Waals surface area contributed by atoms with Crippen molar-refractivity contribution in [3.05, 3.63) is 68.5 Å².